The molecule has 2 heterocycles. The summed E-state index contributed by atoms with van der Waals surface area (Å²) in [5, 5.41) is 19.6. The van der Waals surface area contributed by atoms with Crippen LogP contribution in [0.3, 0.4) is 0 Å². The van der Waals surface area contributed by atoms with E-state index in [0.29, 0.717) is 25.7 Å². The van der Waals surface area contributed by atoms with Gasteiger partial charge in [-0.3, -0.25) is 9.59 Å². The number of aliphatic carboxylic acids is 1. The van der Waals surface area contributed by atoms with E-state index in [1.807, 2.05) is 0 Å². The van der Waals surface area contributed by atoms with Gasteiger partial charge in [0.15, 0.2) is 5.41 Å². The molecule has 4 unspecified atom stereocenters. The highest BCUT2D eigenvalue weighted by Gasteiger charge is 2.63. The van der Waals surface area contributed by atoms with Crippen molar-refractivity contribution in [3.05, 3.63) is 0 Å². The summed E-state index contributed by atoms with van der Waals surface area (Å²) in [5.74, 6) is -1.70. The summed E-state index contributed by atoms with van der Waals surface area (Å²) in [5.41, 5.74) is -2.51. The molecule has 0 amide bonds. The molecule has 88 valence electrons. The fourth-order valence-corrected chi connectivity index (χ4v) is 3.77. The van der Waals surface area contributed by atoms with Crippen LogP contribution in [0.5, 0.6) is 0 Å². The van der Waals surface area contributed by atoms with Gasteiger partial charge in [-0.2, -0.15) is 0 Å². The zero-order valence-corrected chi connectivity index (χ0v) is 8.81. The van der Waals surface area contributed by atoms with Crippen molar-refractivity contribution in [2.24, 2.45) is 11.3 Å². The maximum Gasteiger partial charge on any atom is 0.323 e. The molecule has 2 aliphatic carbocycles. The highest BCUT2D eigenvalue weighted by Crippen LogP contribution is 2.55. The monoisotopic (exact) mass is 226 g/mol. The summed E-state index contributed by atoms with van der Waals surface area (Å²) < 4.78 is 5.19. The molecular formula is C11H14O5. The van der Waals surface area contributed by atoms with Gasteiger partial charge in [-0.1, -0.05) is 0 Å². The summed E-state index contributed by atoms with van der Waals surface area (Å²) in [7, 11) is 0. The van der Waals surface area contributed by atoms with Gasteiger partial charge in [0.1, 0.15) is 6.10 Å². The van der Waals surface area contributed by atoms with Crippen molar-refractivity contribution in [2.45, 2.75) is 43.8 Å². The molecule has 4 rings (SSSR count). The second-order valence-corrected chi connectivity index (χ2v) is 5.53. The Bertz CT molecular complexity index is 379. The lowest BCUT2D eigenvalue weighted by atomic mass is 9.59. The van der Waals surface area contributed by atoms with E-state index < -0.39 is 23.0 Å². The summed E-state index contributed by atoms with van der Waals surface area (Å²) >= 11 is 0. The predicted octanol–water partition coefficient (Wildman–Crippen LogP) is 0.308. The van der Waals surface area contributed by atoms with Gasteiger partial charge in [0.2, 0.25) is 0 Å². The van der Waals surface area contributed by atoms with Gasteiger partial charge in [-0.15, -0.1) is 0 Å². The number of hydrogen-bond acceptors (Lipinski definition) is 4. The molecule has 2 saturated carbocycles. The molecule has 2 aliphatic heterocycles. The van der Waals surface area contributed by atoms with Crippen molar-refractivity contribution in [3.63, 3.8) is 0 Å². The minimum atomic E-state index is -1.50. The Balaban J connectivity index is 2.11. The fraction of sp³-hybridized carbons (Fsp3) is 0.818. The topological polar surface area (TPSA) is 83.8 Å². The van der Waals surface area contributed by atoms with E-state index in [1.165, 1.54) is 0 Å². The van der Waals surface area contributed by atoms with Crippen LogP contribution >= 0.6 is 0 Å². The lowest BCUT2D eigenvalue weighted by Gasteiger charge is -2.45. The Kier molecular flexibility index (Phi) is 1.74. The van der Waals surface area contributed by atoms with Gasteiger partial charge >= 0.3 is 11.9 Å². The molecule has 0 radical (unpaired) electrons. The molecule has 2 saturated heterocycles. The van der Waals surface area contributed by atoms with Gasteiger partial charge in [0.25, 0.3) is 0 Å². The van der Waals surface area contributed by atoms with E-state index in [0.717, 1.165) is 0 Å². The van der Waals surface area contributed by atoms with Crippen molar-refractivity contribution in [1.29, 1.82) is 0 Å². The Hall–Kier alpha value is -1.10. The third kappa shape index (κ3) is 1.15. The molecule has 0 aromatic rings. The Morgan fingerprint density at radius 1 is 1.38 bits per heavy atom. The van der Waals surface area contributed by atoms with Crippen LogP contribution < -0.4 is 0 Å². The van der Waals surface area contributed by atoms with Crippen molar-refractivity contribution >= 4 is 11.9 Å². The summed E-state index contributed by atoms with van der Waals surface area (Å²) in [4.78, 5) is 23.2. The highest BCUT2D eigenvalue weighted by atomic mass is 16.5. The molecule has 0 spiro atoms. The summed E-state index contributed by atoms with van der Waals surface area (Å²) in [6.45, 7) is 0. The van der Waals surface area contributed by atoms with E-state index in [4.69, 9.17) is 4.74 Å². The average molecular weight is 226 g/mol. The van der Waals surface area contributed by atoms with E-state index >= 15 is 0 Å². The number of rotatable bonds is 1. The Morgan fingerprint density at radius 2 is 2.12 bits per heavy atom. The molecule has 4 aliphatic rings. The predicted molar refractivity (Wildman–Crippen MR) is 51.5 cm³/mol. The zero-order valence-electron chi connectivity index (χ0n) is 8.81. The minimum Gasteiger partial charge on any atom is -0.480 e. The number of esters is 1. The Labute approximate surface area is 92.4 Å². The standard InChI is InChI=1S/C11H14O5/c12-8(13)11-3-6-1-7(16-9(11)14)4-10(15,2-6)5-11/h6-7,15H,1-5H2,(H,12,13). The minimum absolute atomic E-state index is 0.0150. The van der Waals surface area contributed by atoms with Gasteiger partial charge in [-0.05, 0) is 25.2 Å². The SMILES string of the molecule is O=C(O)C12CC3CC(CC(O)(C3)C1)OC2=O. The lowest BCUT2D eigenvalue weighted by molar-refractivity contribution is -0.173. The lowest BCUT2D eigenvalue weighted by Crippen LogP contribution is -2.52. The van der Waals surface area contributed by atoms with Crippen LogP contribution in [-0.4, -0.2) is 33.9 Å². The number of fused-ring (bicyclic) bond motifs is 1. The van der Waals surface area contributed by atoms with E-state index in [1.54, 1.807) is 0 Å². The van der Waals surface area contributed by atoms with Crippen LogP contribution in [0, 0.1) is 11.3 Å². The number of hydrogen-bond donors (Lipinski definition) is 2. The van der Waals surface area contributed by atoms with Gasteiger partial charge < -0.3 is 14.9 Å². The first-order valence-electron chi connectivity index (χ1n) is 5.60. The van der Waals surface area contributed by atoms with Crippen molar-refractivity contribution in [3.8, 4) is 0 Å². The molecule has 4 fully saturated rings. The molecule has 5 nitrogen and oxygen atoms in total. The normalized spacial score (nSPS) is 49.9. The number of aliphatic hydroxyl groups is 1. The van der Waals surface area contributed by atoms with E-state index in [-0.39, 0.29) is 18.4 Å². The van der Waals surface area contributed by atoms with Crippen molar-refractivity contribution in [2.75, 3.05) is 0 Å². The fourth-order valence-electron chi connectivity index (χ4n) is 3.77. The third-order valence-electron chi connectivity index (χ3n) is 4.21. The van der Waals surface area contributed by atoms with Crippen LogP contribution in [-0.2, 0) is 14.3 Å². The third-order valence-corrected chi connectivity index (χ3v) is 4.21. The van der Waals surface area contributed by atoms with Crippen LogP contribution in [0.2, 0.25) is 0 Å². The smallest absolute Gasteiger partial charge is 0.323 e. The first kappa shape index (κ1) is 10.1. The Morgan fingerprint density at radius 3 is 2.75 bits per heavy atom. The molecule has 5 heteroatoms. The van der Waals surface area contributed by atoms with Gasteiger partial charge in [0.05, 0.1) is 5.60 Å². The largest absolute Gasteiger partial charge is 0.480 e. The number of carbonyl (C=O) groups excluding carboxylic acids is 1. The molecular weight excluding hydrogens is 212 g/mol. The van der Waals surface area contributed by atoms with Gasteiger partial charge in [-0.25, -0.2) is 0 Å². The van der Waals surface area contributed by atoms with Crippen LogP contribution in [0.1, 0.15) is 32.1 Å². The molecule has 0 aromatic carbocycles. The number of carboxylic acid groups (broad SMARTS) is 1. The highest BCUT2D eigenvalue weighted by molar-refractivity contribution is 6.00. The summed E-state index contributed by atoms with van der Waals surface area (Å²) in [6, 6.07) is 0. The zero-order chi connectivity index (χ0) is 11.6. The second kappa shape index (κ2) is 2.77. The maximum atomic E-state index is 11.9. The first-order valence-corrected chi connectivity index (χ1v) is 5.60. The quantitative estimate of drug-likeness (QED) is 0.496. The summed E-state index contributed by atoms with van der Waals surface area (Å²) in [6.07, 6.45) is 1.74. The second-order valence-electron chi connectivity index (χ2n) is 5.53. The average Bonchev–Trinajstić information content (AvgIpc) is 2.26. The number of ether oxygens (including phenoxy) is 1. The molecule has 2 N–H and O–H groups in total. The molecule has 16 heavy (non-hydrogen) atoms. The molecule has 4 bridgehead atoms. The van der Waals surface area contributed by atoms with Gasteiger partial charge in [0, 0.05) is 12.8 Å². The van der Waals surface area contributed by atoms with E-state index in [9.17, 15) is 19.8 Å². The van der Waals surface area contributed by atoms with Crippen LogP contribution in [0.4, 0.5) is 0 Å². The van der Waals surface area contributed by atoms with E-state index in [2.05, 4.69) is 0 Å². The molecule has 0 aromatic heterocycles. The van der Waals surface area contributed by atoms with Crippen molar-refractivity contribution in [1.82, 2.24) is 0 Å². The molecule has 4 atom stereocenters. The number of carboxylic acids is 1. The van der Waals surface area contributed by atoms with Crippen LogP contribution in [0.15, 0.2) is 0 Å². The maximum absolute atomic E-state index is 11.9. The number of carbonyl (C=O) groups is 2. The van der Waals surface area contributed by atoms with Crippen LogP contribution in [0.25, 0.3) is 0 Å². The first-order chi connectivity index (χ1) is 7.43. The van der Waals surface area contributed by atoms with Crippen molar-refractivity contribution < 1.29 is 24.5 Å².